The SMILES string of the molecule is COc1ccc(CNC(=O)C2CCCN(C(=O)NCc3cccs3)C2)cc1. The summed E-state index contributed by atoms with van der Waals surface area (Å²) < 4.78 is 5.14. The van der Waals surface area contributed by atoms with E-state index in [0.29, 0.717) is 26.2 Å². The van der Waals surface area contributed by atoms with Crippen LogP contribution in [0.15, 0.2) is 41.8 Å². The molecule has 0 radical (unpaired) electrons. The summed E-state index contributed by atoms with van der Waals surface area (Å²) >= 11 is 1.62. The molecule has 2 N–H and O–H groups in total. The molecule has 0 spiro atoms. The van der Waals surface area contributed by atoms with Gasteiger partial charge < -0.3 is 20.3 Å². The van der Waals surface area contributed by atoms with Gasteiger partial charge in [-0.1, -0.05) is 18.2 Å². The first-order chi connectivity index (χ1) is 13.2. The second-order valence-electron chi connectivity index (χ2n) is 6.59. The van der Waals surface area contributed by atoms with Crippen LogP contribution in [-0.2, 0) is 17.9 Å². The average Bonchev–Trinajstić information content (AvgIpc) is 3.24. The van der Waals surface area contributed by atoms with Crippen molar-refractivity contribution in [3.05, 3.63) is 52.2 Å². The number of methoxy groups -OCH3 is 1. The predicted molar refractivity (Wildman–Crippen MR) is 106 cm³/mol. The molecule has 1 unspecified atom stereocenters. The van der Waals surface area contributed by atoms with Crippen molar-refractivity contribution in [2.24, 2.45) is 5.92 Å². The Morgan fingerprint density at radius 1 is 1.19 bits per heavy atom. The molecule has 6 nitrogen and oxygen atoms in total. The lowest BCUT2D eigenvalue weighted by Crippen LogP contribution is -2.48. The number of likely N-dealkylation sites (tertiary alicyclic amines) is 1. The van der Waals surface area contributed by atoms with Gasteiger partial charge in [0.05, 0.1) is 19.6 Å². The maximum absolute atomic E-state index is 12.5. The number of hydrogen-bond acceptors (Lipinski definition) is 4. The Labute approximate surface area is 163 Å². The first kappa shape index (κ1) is 19.2. The lowest BCUT2D eigenvalue weighted by atomic mass is 9.97. The number of thiophene rings is 1. The molecule has 1 aliphatic rings. The molecule has 1 aromatic heterocycles. The van der Waals surface area contributed by atoms with E-state index in [0.717, 1.165) is 29.0 Å². The number of rotatable bonds is 6. The van der Waals surface area contributed by atoms with Gasteiger partial charge in [0.1, 0.15) is 5.75 Å². The first-order valence-corrected chi connectivity index (χ1v) is 9.99. The van der Waals surface area contributed by atoms with Crippen LogP contribution >= 0.6 is 11.3 Å². The van der Waals surface area contributed by atoms with Crippen LogP contribution < -0.4 is 15.4 Å². The van der Waals surface area contributed by atoms with E-state index >= 15 is 0 Å². The number of nitrogens with zero attached hydrogens (tertiary/aromatic N) is 1. The fourth-order valence-corrected chi connectivity index (χ4v) is 3.78. The number of urea groups is 1. The highest BCUT2D eigenvalue weighted by Crippen LogP contribution is 2.18. The maximum Gasteiger partial charge on any atom is 0.317 e. The molecular formula is C20H25N3O3S. The van der Waals surface area contributed by atoms with E-state index in [-0.39, 0.29) is 17.9 Å². The minimum atomic E-state index is -0.163. The van der Waals surface area contributed by atoms with Gasteiger partial charge in [0.2, 0.25) is 5.91 Å². The largest absolute Gasteiger partial charge is 0.497 e. The maximum atomic E-state index is 12.5. The lowest BCUT2D eigenvalue weighted by Gasteiger charge is -2.32. The summed E-state index contributed by atoms with van der Waals surface area (Å²) in [5.74, 6) is 0.632. The fourth-order valence-electron chi connectivity index (χ4n) is 3.14. The van der Waals surface area contributed by atoms with Gasteiger partial charge in [0, 0.05) is 24.5 Å². The Bertz CT molecular complexity index is 746. The van der Waals surface area contributed by atoms with Gasteiger partial charge in [0.15, 0.2) is 0 Å². The van der Waals surface area contributed by atoms with Crippen LogP contribution in [0.3, 0.4) is 0 Å². The van der Waals surface area contributed by atoms with Crippen LogP contribution in [0.4, 0.5) is 4.79 Å². The molecule has 0 bridgehead atoms. The minimum Gasteiger partial charge on any atom is -0.497 e. The molecule has 2 heterocycles. The molecule has 1 saturated heterocycles. The molecule has 1 aromatic carbocycles. The van der Waals surface area contributed by atoms with E-state index in [1.54, 1.807) is 23.3 Å². The van der Waals surface area contributed by atoms with Gasteiger partial charge in [-0.2, -0.15) is 0 Å². The molecule has 3 amide bonds. The zero-order valence-corrected chi connectivity index (χ0v) is 16.3. The van der Waals surface area contributed by atoms with E-state index in [1.807, 2.05) is 41.8 Å². The van der Waals surface area contributed by atoms with Crippen LogP contribution in [0, 0.1) is 5.92 Å². The number of carbonyl (C=O) groups excluding carboxylic acids is 2. The standard InChI is InChI=1S/C20H25N3O3S/c1-26-17-8-6-15(7-9-17)12-21-19(24)16-4-2-10-23(14-16)20(25)22-13-18-5-3-11-27-18/h3,5-9,11,16H,2,4,10,12-14H2,1H3,(H,21,24)(H,22,25). The molecule has 3 rings (SSSR count). The van der Waals surface area contributed by atoms with Crippen molar-refractivity contribution in [1.29, 1.82) is 0 Å². The van der Waals surface area contributed by atoms with Crippen LogP contribution in [0.1, 0.15) is 23.3 Å². The molecule has 27 heavy (non-hydrogen) atoms. The van der Waals surface area contributed by atoms with Crippen LogP contribution in [0.5, 0.6) is 5.75 Å². The van der Waals surface area contributed by atoms with Gasteiger partial charge in [-0.05, 0) is 42.0 Å². The van der Waals surface area contributed by atoms with Crippen molar-refractivity contribution in [3.8, 4) is 5.75 Å². The van der Waals surface area contributed by atoms with Gasteiger partial charge in [-0.3, -0.25) is 4.79 Å². The van der Waals surface area contributed by atoms with Crippen molar-refractivity contribution in [2.75, 3.05) is 20.2 Å². The monoisotopic (exact) mass is 387 g/mol. The van der Waals surface area contributed by atoms with Crippen LogP contribution in [0.2, 0.25) is 0 Å². The third kappa shape index (κ3) is 5.47. The molecule has 2 aromatic rings. The Morgan fingerprint density at radius 3 is 2.70 bits per heavy atom. The second-order valence-corrected chi connectivity index (χ2v) is 7.62. The normalized spacial score (nSPS) is 16.6. The summed E-state index contributed by atoms with van der Waals surface area (Å²) in [7, 11) is 1.63. The first-order valence-electron chi connectivity index (χ1n) is 9.11. The number of hydrogen-bond donors (Lipinski definition) is 2. The summed E-state index contributed by atoms with van der Waals surface area (Å²) in [5, 5.41) is 7.91. The highest BCUT2D eigenvalue weighted by atomic mass is 32.1. The third-order valence-corrected chi connectivity index (χ3v) is 5.58. The fraction of sp³-hybridized carbons (Fsp3) is 0.400. The summed E-state index contributed by atoms with van der Waals surface area (Å²) in [6, 6.07) is 11.5. The Balaban J connectivity index is 1.46. The van der Waals surface area contributed by atoms with E-state index in [4.69, 9.17) is 4.74 Å². The minimum absolute atomic E-state index is 0.00146. The highest BCUT2D eigenvalue weighted by molar-refractivity contribution is 7.09. The number of amides is 3. The lowest BCUT2D eigenvalue weighted by molar-refractivity contribution is -0.126. The van der Waals surface area contributed by atoms with E-state index in [2.05, 4.69) is 10.6 Å². The Morgan fingerprint density at radius 2 is 2.00 bits per heavy atom. The van der Waals surface area contributed by atoms with Crippen molar-refractivity contribution in [1.82, 2.24) is 15.5 Å². The number of carbonyl (C=O) groups is 2. The number of nitrogens with one attached hydrogen (secondary N) is 2. The molecule has 0 saturated carbocycles. The van der Waals surface area contributed by atoms with Gasteiger partial charge in [0.25, 0.3) is 0 Å². The van der Waals surface area contributed by atoms with Gasteiger partial charge in [-0.15, -0.1) is 11.3 Å². The highest BCUT2D eigenvalue weighted by Gasteiger charge is 2.28. The molecule has 7 heteroatoms. The zero-order chi connectivity index (χ0) is 19.1. The third-order valence-electron chi connectivity index (χ3n) is 4.70. The van der Waals surface area contributed by atoms with E-state index in [1.165, 1.54) is 0 Å². The molecular weight excluding hydrogens is 362 g/mol. The van der Waals surface area contributed by atoms with Gasteiger partial charge >= 0.3 is 6.03 Å². The average molecular weight is 388 g/mol. The smallest absolute Gasteiger partial charge is 0.317 e. The molecule has 1 atom stereocenters. The number of benzene rings is 1. The summed E-state index contributed by atoms with van der Waals surface area (Å²) in [6.07, 6.45) is 1.65. The van der Waals surface area contributed by atoms with Gasteiger partial charge in [-0.25, -0.2) is 4.79 Å². The Kier molecular flexibility index (Phi) is 6.70. The summed E-state index contributed by atoms with van der Waals surface area (Å²) in [5.41, 5.74) is 1.02. The number of ether oxygens (including phenoxy) is 1. The predicted octanol–water partition coefficient (Wildman–Crippen LogP) is 2.99. The Hall–Kier alpha value is -2.54. The molecule has 1 fully saturated rings. The summed E-state index contributed by atoms with van der Waals surface area (Å²) in [6.45, 7) is 2.16. The zero-order valence-electron chi connectivity index (χ0n) is 15.4. The van der Waals surface area contributed by atoms with Crippen LogP contribution in [0.25, 0.3) is 0 Å². The molecule has 144 valence electrons. The number of piperidine rings is 1. The van der Waals surface area contributed by atoms with Crippen molar-refractivity contribution < 1.29 is 14.3 Å². The quantitative estimate of drug-likeness (QED) is 0.800. The molecule has 1 aliphatic heterocycles. The van der Waals surface area contributed by atoms with Crippen molar-refractivity contribution >= 4 is 23.3 Å². The molecule has 0 aliphatic carbocycles. The van der Waals surface area contributed by atoms with E-state index in [9.17, 15) is 9.59 Å². The van der Waals surface area contributed by atoms with E-state index < -0.39 is 0 Å². The van der Waals surface area contributed by atoms with Crippen molar-refractivity contribution in [2.45, 2.75) is 25.9 Å². The van der Waals surface area contributed by atoms with Crippen LogP contribution in [-0.4, -0.2) is 37.0 Å². The second kappa shape index (κ2) is 9.41. The van der Waals surface area contributed by atoms with Crippen molar-refractivity contribution in [3.63, 3.8) is 0 Å². The topological polar surface area (TPSA) is 70.7 Å². The summed E-state index contributed by atoms with van der Waals surface area (Å²) in [4.78, 5) is 27.8.